The number of nitrogens with zero attached hydrogens (tertiary/aromatic N) is 2. The molecule has 0 bridgehead atoms. The van der Waals surface area contributed by atoms with Crippen LogP contribution >= 0.6 is 0 Å². The van der Waals surface area contributed by atoms with E-state index in [0.717, 1.165) is 23.1 Å². The average Bonchev–Trinajstić information content (AvgIpc) is 3.44. The fourth-order valence-electron chi connectivity index (χ4n) is 5.13. The molecule has 8 nitrogen and oxygen atoms in total. The van der Waals surface area contributed by atoms with Crippen molar-refractivity contribution in [1.29, 1.82) is 0 Å². The third-order valence-corrected chi connectivity index (χ3v) is 8.58. The van der Waals surface area contributed by atoms with E-state index < -0.39 is 38.8 Å². The summed E-state index contributed by atoms with van der Waals surface area (Å²) in [5, 5.41) is 12.2. The van der Waals surface area contributed by atoms with Gasteiger partial charge in [-0.15, -0.1) is 0 Å². The second-order valence-corrected chi connectivity index (χ2v) is 10.5. The van der Waals surface area contributed by atoms with E-state index in [2.05, 4.69) is 5.32 Å². The van der Waals surface area contributed by atoms with Crippen LogP contribution in [-0.2, 0) is 21.0 Å². The molecule has 1 aliphatic carbocycles. The summed E-state index contributed by atoms with van der Waals surface area (Å²) in [5.74, 6) is -0.561. The highest BCUT2D eigenvalue weighted by molar-refractivity contribution is 7.89. The summed E-state index contributed by atoms with van der Waals surface area (Å²) in [5.41, 5.74) is -1.03. The lowest BCUT2D eigenvalue weighted by molar-refractivity contribution is -0.137. The second-order valence-electron chi connectivity index (χ2n) is 8.60. The Morgan fingerprint density at radius 2 is 1.88 bits per heavy atom. The maximum Gasteiger partial charge on any atom is 0.416 e. The normalized spacial score (nSPS) is 28.7. The molecular weight excluding hydrogens is 451 g/mol. The van der Waals surface area contributed by atoms with Crippen molar-refractivity contribution in [1.82, 2.24) is 14.5 Å². The van der Waals surface area contributed by atoms with Gasteiger partial charge in [-0.25, -0.2) is 13.2 Å². The minimum Gasteiger partial charge on any atom is -0.465 e. The van der Waals surface area contributed by atoms with E-state index in [4.69, 9.17) is 0 Å². The first-order chi connectivity index (χ1) is 15.0. The van der Waals surface area contributed by atoms with E-state index >= 15 is 0 Å². The number of nitrogens with one attached hydrogen (secondary N) is 1. The number of halogens is 3. The fourth-order valence-corrected chi connectivity index (χ4v) is 6.71. The number of hydrogen-bond acceptors (Lipinski definition) is 4. The number of alkyl halides is 3. The predicted octanol–water partition coefficient (Wildman–Crippen LogP) is 2.36. The molecule has 1 saturated carbocycles. The molecule has 3 unspecified atom stereocenters. The predicted molar refractivity (Wildman–Crippen MR) is 106 cm³/mol. The topological polar surface area (TPSA) is 107 Å². The van der Waals surface area contributed by atoms with Crippen molar-refractivity contribution in [3.8, 4) is 0 Å². The number of carboxylic acid groups (broad SMARTS) is 1. The Bertz CT molecular complexity index is 1020. The van der Waals surface area contributed by atoms with Gasteiger partial charge in [-0.2, -0.15) is 17.5 Å². The largest absolute Gasteiger partial charge is 0.465 e. The maximum atomic E-state index is 13.0. The van der Waals surface area contributed by atoms with Gasteiger partial charge in [0.15, 0.2) is 0 Å². The third kappa shape index (κ3) is 4.17. The van der Waals surface area contributed by atoms with Crippen LogP contribution < -0.4 is 5.32 Å². The molecule has 3 fully saturated rings. The fraction of sp³-hybridized carbons (Fsp3) is 0.600. The monoisotopic (exact) mass is 475 g/mol. The first-order valence-electron chi connectivity index (χ1n) is 10.5. The number of benzene rings is 1. The average molecular weight is 475 g/mol. The van der Waals surface area contributed by atoms with Crippen LogP contribution in [0.15, 0.2) is 29.2 Å². The molecule has 0 spiro atoms. The molecule has 32 heavy (non-hydrogen) atoms. The van der Waals surface area contributed by atoms with Crippen molar-refractivity contribution in [2.75, 3.05) is 19.6 Å². The van der Waals surface area contributed by atoms with E-state index in [1.54, 1.807) is 0 Å². The molecule has 2 amide bonds. The van der Waals surface area contributed by atoms with Crippen molar-refractivity contribution >= 4 is 22.0 Å². The highest BCUT2D eigenvalue weighted by Gasteiger charge is 2.48. The van der Waals surface area contributed by atoms with Crippen LogP contribution in [0.4, 0.5) is 18.0 Å². The number of carbonyl (C=O) groups excluding carboxylic acids is 1. The summed E-state index contributed by atoms with van der Waals surface area (Å²) in [6.07, 6.45) is -3.42. The first-order valence-corrected chi connectivity index (χ1v) is 11.9. The molecule has 0 aromatic heterocycles. The molecule has 2 heterocycles. The summed E-state index contributed by atoms with van der Waals surface area (Å²) in [6, 6.07) is 2.64. The molecule has 2 N–H and O–H groups in total. The summed E-state index contributed by atoms with van der Waals surface area (Å²) in [6.45, 7) is 0.578. The van der Waals surface area contributed by atoms with E-state index in [1.165, 1.54) is 4.31 Å². The molecule has 3 aliphatic rings. The van der Waals surface area contributed by atoms with Crippen molar-refractivity contribution in [2.24, 2.45) is 11.8 Å². The highest BCUT2D eigenvalue weighted by atomic mass is 32.2. The summed E-state index contributed by atoms with van der Waals surface area (Å²) < 4.78 is 66.2. The van der Waals surface area contributed by atoms with Crippen LogP contribution in [0.3, 0.4) is 0 Å². The molecular formula is C20H24F3N3O5S. The lowest BCUT2D eigenvalue weighted by atomic mass is 9.97. The van der Waals surface area contributed by atoms with Gasteiger partial charge in [0.25, 0.3) is 0 Å². The van der Waals surface area contributed by atoms with Crippen LogP contribution in [0.2, 0.25) is 0 Å². The number of rotatable bonds is 4. The van der Waals surface area contributed by atoms with Gasteiger partial charge < -0.3 is 10.4 Å². The number of sulfonamides is 1. The van der Waals surface area contributed by atoms with E-state index in [1.807, 2.05) is 0 Å². The summed E-state index contributed by atoms with van der Waals surface area (Å²) >= 11 is 0. The second kappa shape index (κ2) is 8.22. The van der Waals surface area contributed by atoms with Gasteiger partial charge in [0.1, 0.15) is 6.04 Å². The number of amides is 2. The lowest BCUT2D eigenvalue weighted by Crippen LogP contribution is -2.50. The Morgan fingerprint density at radius 3 is 2.56 bits per heavy atom. The quantitative estimate of drug-likeness (QED) is 0.695. The Hall–Kier alpha value is -2.34. The number of carbonyl (C=O) groups is 2. The van der Waals surface area contributed by atoms with Crippen molar-refractivity contribution in [3.05, 3.63) is 29.8 Å². The first kappa shape index (κ1) is 22.8. The van der Waals surface area contributed by atoms with E-state index in [9.17, 15) is 36.3 Å². The lowest BCUT2D eigenvalue weighted by Gasteiger charge is -2.26. The van der Waals surface area contributed by atoms with Crippen LogP contribution in [0.1, 0.15) is 31.2 Å². The van der Waals surface area contributed by atoms with Crippen LogP contribution in [-0.4, -0.2) is 66.4 Å². The smallest absolute Gasteiger partial charge is 0.416 e. The van der Waals surface area contributed by atoms with Gasteiger partial charge in [0.05, 0.1) is 10.5 Å². The molecule has 0 radical (unpaired) electrons. The third-order valence-electron chi connectivity index (χ3n) is 6.75. The SMILES string of the molecule is O=C(NC1CC[C@H]2CN(S(=O)(=O)c3cccc(C(F)(F)F)c3)CC12)C1CCCN1C(=O)O. The standard InChI is InChI=1S/C20H24F3N3O5S/c21-20(22,23)13-3-1-4-14(9-13)32(30,31)25-10-12-6-7-16(15(12)11-25)24-18(27)17-5-2-8-26(17)19(28)29/h1,3-4,9,12,15-17H,2,5-8,10-11H2,(H,24,27)(H,28,29)/t12-,15?,16?,17?/m0/s1. The molecule has 1 aromatic carbocycles. The Labute approximate surface area is 183 Å². The molecule has 4 atom stereocenters. The van der Waals surface area contributed by atoms with Crippen molar-refractivity contribution < 1.29 is 36.3 Å². The van der Waals surface area contributed by atoms with Gasteiger partial charge in [0, 0.05) is 25.7 Å². The van der Waals surface area contributed by atoms with Gasteiger partial charge in [-0.05, 0) is 55.7 Å². The Kier molecular flexibility index (Phi) is 5.86. The minimum absolute atomic E-state index is 0.0139. The van der Waals surface area contributed by atoms with Gasteiger partial charge in [-0.1, -0.05) is 6.07 Å². The maximum absolute atomic E-state index is 13.0. The van der Waals surface area contributed by atoms with Gasteiger partial charge in [-0.3, -0.25) is 9.69 Å². The van der Waals surface area contributed by atoms with E-state index in [-0.39, 0.29) is 36.9 Å². The van der Waals surface area contributed by atoms with Gasteiger partial charge in [0.2, 0.25) is 15.9 Å². The molecule has 12 heteroatoms. The minimum atomic E-state index is -4.65. The Balaban J connectivity index is 1.46. The number of fused-ring (bicyclic) bond motifs is 1. The van der Waals surface area contributed by atoms with Crippen molar-refractivity contribution in [2.45, 2.75) is 48.8 Å². The summed E-state index contributed by atoms with van der Waals surface area (Å²) in [4.78, 5) is 24.7. The highest BCUT2D eigenvalue weighted by Crippen LogP contribution is 2.41. The molecule has 2 saturated heterocycles. The molecule has 4 rings (SSSR count). The van der Waals surface area contributed by atoms with Gasteiger partial charge >= 0.3 is 12.3 Å². The Morgan fingerprint density at radius 1 is 1.12 bits per heavy atom. The zero-order valence-electron chi connectivity index (χ0n) is 17.1. The molecule has 176 valence electrons. The zero-order valence-corrected chi connectivity index (χ0v) is 17.9. The van der Waals surface area contributed by atoms with Crippen LogP contribution in [0.5, 0.6) is 0 Å². The molecule has 1 aromatic rings. The van der Waals surface area contributed by atoms with Crippen molar-refractivity contribution in [3.63, 3.8) is 0 Å². The molecule has 2 aliphatic heterocycles. The zero-order chi connectivity index (χ0) is 23.3. The number of hydrogen-bond donors (Lipinski definition) is 2. The van der Waals surface area contributed by atoms with Crippen LogP contribution in [0, 0.1) is 11.8 Å². The summed E-state index contributed by atoms with van der Waals surface area (Å²) in [7, 11) is -4.12. The number of likely N-dealkylation sites (tertiary alicyclic amines) is 1. The van der Waals surface area contributed by atoms with E-state index in [0.29, 0.717) is 38.3 Å². The van der Waals surface area contributed by atoms with Crippen LogP contribution in [0.25, 0.3) is 0 Å².